The molecule has 0 bridgehead atoms. The third-order valence-corrected chi connectivity index (χ3v) is 5.19. The zero-order chi connectivity index (χ0) is 30.7. The van der Waals surface area contributed by atoms with E-state index in [0.717, 1.165) is 13.2 Å². The Morgan fingerprint density at radius 1 is 0.630 bits per heavy atom. The summed E-state index contributed by atoms with van der Waals surface area (Å²) in [5, 5.41) is 35.4. The number of aliphatic hydroxyl groups is 4. The maximum atomic E-state index is 12.3. The Morgan fingerprint density at radius 2 is 1.02 bits per heavy atom. The Hall–Kier alpha value is -2.90. The molecule has 4 N–H and O–H groups in total. The molecule has 1 aliphatic heterocycles. The number of epoxide rings is 1. The number of carbonyl (C=O) groups excluding carboxylic acids is 2. The van der Waals surface area contributed by atoms with Crippen LogP contribution in [0.2, 0.25) is 0 Å². The summed E-state index contributed by atoms with van der Waals surface area (Å²) >= 11 is 0. The Balaban J connectivity index is -0.000000208. The van der Waals surface area contributed by atoms with Crippen LogP contribution in [0.5, 0.6) is 11.5 Å². The predicted molar refractivity (Wildman–Crippen MR) is 185 cm³/mol. The van der Waals surface area contributed by atoms with Gasteiger partial charge in [0.2, 0.25) is 0 Å². The van der Waals surface area contributed by atoms with Crippen molar-refractivity contribution in [3.63, 3.8) is 0 Å². The molecule has 2 aromatic rings. The Morgan fingerprint density at radius 3 is 1.39 bits per heavy atom. The maximum Gasteiger partial charge on any atom is 0.194 e. The molecule has 0 spiro atoms. The van der Waals surface area contributed by atoms with E-state index in [1.54, 1.807) is 62.4 Å². The summed E-state index contributed by atoms with van der Waals surface area (Å²) in [6, 6.07) is 13.2. The van der Waals surface area contributed by atoms with Crippen molar-refractivity contribution >= 4 is 11.6 Å². The van der Waals surface area contributed by atoms with Crippen LogP contribution >= 0.6 is 0 Å². The summed E-state index contributed by atoms with van der Waals surface area (Å²) in [5.74, 6) is 0.736. The van der Waals surface area contributed by atoms with Crippen molar-refractivity contribution in [3.8, 4) is 11.5 Å². The second-order valence-corrected chi connectivity index (χ2v) is 9.72. The van der Waals surface area contributed by atoms with E-state index in [1.807, 2.05) is 0 Å². The van der Waals surface area contributed by atoms with E-state index in [9.17, 15) is 14.7 Å². The Bertz CT molecular complexity index is 994. The van der Waals surface area contributed by atoms with E-state index >= 15 is 0 Å². The normalized spacial score (nSPS) is 11.0. The van der Waals surface area contributed by atoms with Gasteiger partial charge in [0.1, 0.15) is 35.9 Å². The lowest BCUT2D eigenvalue weighted by atomic mass is 9.96. The number of ketones is 2. The SMILES string of the molecule is C.C.C.C.C.C1CO1.CC(C)(O)C(=O)c1ccc(OCCO)cc1.CC(C)(OCCO)C(=O)c1ccc(OCCOCCO)cc1. The van der Waals surface area contributed by atoms with Gasteiger partial charge < -0.3 is 44.1 Å². The minimum Gasteiger partial charge on any atom is -0.491 e. The smallest absolute Gasteiger partial charge is 0.194 e. The molecule has 0 aromatic heterocycles. The monoisotopic (exact) mass is 660 g/mol. The molecule has 46 heavy (non-hydrogen) atoms. The van der Waals surface area contributed by atoms with Crippen molar-refractivity contribution in [1.29, 1.82) is 0 Å². The van der Waals surface area contributed by atoms with Crippen LogP contribution in [0.25, 0.3) is 0 Å². The number of rotatable bonds is 16. The highest BCUT2D eigenvalue weighted by molar-refractivity contribution is 6.02. The lowest BCUT2D eigenvalue weighted by molar-refractivity contribution is -0.0174. The van der Waals surface area contributed by atoms with E-state index in [2.05, 4.69) is 4.74 Å². The summed E-state index contributed by atoms with van der Waals surface area (Å²) < 4.78 is 25.5. The van der Waals surface area contributed by atoms with Crippen LogP contribution < -0.4 is 9.47 Å². The molecule has 0 saturated carbocycles. The van der Waals surface area contributed by atoms with Crippen LogP contribution in [0.15, 0.2) is 48.5 Å². The summed E-state index contributed by atoms with van der Waals surface area (Å²) in [5.41, 5.74) is -1.40. The van der Waals surface area contributed by atoms with Gasteiger partial charge in [-0.15, -0.1) is 0 Å². The third kappa shape index (κ3) is 22.6. The average Bonchev–Trinajstić information content (AvgIpc) is 3.85. The molecule has 0 aliphatic carbocycles. The van der Waals surface area contributed by atoms with E-state index in [1.165, 1.54) is 13.8 Å². The van der Waals surface area contributed by atoms with E-state index in [-0.39, 0.29) is 81.7 Å². The molecule has 0 unspecified atom stereocenters. The Labute approximate surface area is 278 Å². The fraction of sp³-hybridized carbons (Fsp3) is 0.600. The van der Waals surface area contributed by atoms with Crippen LogP contribution in [-0.4, -0.2) is 109 Å². The molecule has 1 aliphatic rings. The van der Waals surface area contributed by atoms with Crippen LogP contribution in [0, 0.1) is 0 Å². The van der Waals surface area contributed by atoms with Gasteiger partial charge >= 0.3 is 0 Å². The lowest BCUT2D eigenvalue weighted by Gasteiger charge is -2.23. The quantitative estimate of drug-likeness (QED) is 0.106. The largest absolute Gasteiger partial charge is 0.491 e. The molecular formula is C35H64O11. The molecule has 11 nitrogen and oxygen atoms in total. The highest BCUT2D eigenvalue weighted by atomic mass is 16.6. The average molecular weight is 661 g/mol. The fourth-order valence-corrected chi connectivity index (χ4v) is 3.02. The number of ether oxygens (including phenoxy) is 5. The first kappa shape index (κ1) is 52.6. The summed E-state index contributed by atoms with van der Waals surface area (Å²) in [7, 11) is 0. The molecule has 1 saturated heterocycles. The minimum absolute atomic E-state index is 0. The topological polar surface area (TPSA) is 165 Å². The molecule has 0 atom stereocenters. The second-order valence-electron chi connectivity index (χ2n) is 9.72. The van der Waals surface area contributed by atoms with Crippen LogP contribution in [-0.2, 0) is 14.2 Å². The highest BCUT2D eigenvalue weighted by Crippen LogP contribution is 2.20. The van der Waals surface area contributed by atoms with Gasteiger partial charge in [-0.3, -0.25) is 9.59 Å². The van der Waals surface area contributed by atoms with Crippen molar-refractivity contribution in [1.82, 2.24) is 0 Å². The van der Waals surface area contributed by atoms with Crippen molar-refractivity contribution in [3.05, 3.63) is 59.7 Å². The van der Waals surface area contributed by atoms with Crippen molar-refractivity contribution in [2.24, 2.45) is 0 Å². The Kier molecular flexibility index (Phi) is 32.4. The van der Waals surface area contributed by atoms with Gasteiger partial charge in [-0.25, -0.2) is 0 Å². The number of carbonyl (C=O) groups is 2. The number of Topliss-reactive ketones (excluding diaryl/α,β-unsaturated/α-hetero) is 2. The van der Waals surface area contributed by atoms with Gasteiger partial charge in [0.05, 0.1) is 52.9 Å². The molecule has 0 amide bonds. The fourth-order valence-electron chi connectivity index (χ4n) is 3.02. The van der Waals surface area contributed by atoms with Crippen LogP contribution in [0.3, 0.4) is 0 Å². The van der Waals surface area contributed by atoms with Gasteiger partial charge in [-0.05, 0) is 76.2 Å². The standard InChI is InChI=1S/C16H24O6.C12H16O4.C2H4O.5CH4/c1-16(2,22-10-8-18)15(19)13-3-5-14(6-4-13)21-12-11-20-9-7-17;1-12(2,15)11(14)9-3-5-10(6-4-9)16-8-7-13;1-2-3-1;;;;;/h3-6,17-18H,7-12H2,1-2H3;3-6,13,15H,7-8H2,1-2H3;1-2H2;5*1H4. The first-order valence-corrected chi connectivity index (χ1v) is 13.4. The number of hydrogen-bond donors (Lipinski definition) is 4. The van der Waals surface area contributed by atoms with E-state index < -0.39 is 11.2 Å². The molecule has 3 rings (SSSR count). The predicted octanol–water partition coefficient (Wildman–Crippen LogP) is 5.25. The first-order valence-electron chi connectivity index (χ1n) is 13.4. The van der Waals surface area contributed by atoms with Crippen LogP contribution in [0.4, 0.5) is 0 Å². The molecular weight excluding hydrogens is 596 g/mol. The van der Waals surface area contributed by atoms with Gasteiger partial charge in [-0.1, -0.05) is 37.1 Å². The molecule has 0 radical (unpaired) electrons. The van der Waals surface area contributed by atoms with Crippen LogP contribution in [0.1, 0.15) is 85.5 Å². The number of hydrogen-bond acceptors (Lipinski definition) is 11. The maximum absolute atomic E-state index is 12.3. The third-order valence-electron chi connectivity index (χ3n) is 5.19. The zero-order valence-electron chi connectivity index (χ0n) is 24.3. The van der Waals surface area contributed by atoms with Crippen molar-refractivity contribution in [2.75, 3.05) is 66.1 Å². The molecule has 1 heterocycles. The van der Waals surface area contributed by atoms with Crippen molar-refractivity contribution in [2.45, 2.75) is 76.0 Å². The second kappa shape index (κ2) is 28.3. The lowest BCUT2D eigenvalue weighted by Crippen LogP contribution is -2.36. The zero-order valence-corrected chi connectivity index (χ0v) is 24.3. The molecule has 270 valence electrons. The molecule has 2 aromatic carbocycles. The van der Waals surface area contributed by atoms with Gasteiger partial charge in [0.25, 0.3) is 0 Å². The molecule has 11 heteroatoms. The number of benzene rings is 2. The van der Waals surface area contributed by atoms with Gasteiger partial charge in [0, 0.05) is 11.1 Å². The van der Waals surface area contributed by atoms with E-state index in [4.69, 9.17) is 34.3 Å². The van der Waals surface area contributed by atoms with E-state index in [0.29, 0.717) is 42.4 Å². The molecule has 1 fully saturated rings. The summed E-state index contributed by atoms with van der Waals surface area (Å²) in [6.45, 7) is 9.46. The summed E-state index contributed by atoms with van der Waals surface area (Å²) in [6.07, 6.45) is 0. The van der Waals surface area contributed by atoms with Crippen molar-refractivity contribution < 1.29 is 53.7 Å². The van der Waals surface area contributed by atoms with Gasteiger partial charge in [-0.2, -0.15) is 0 Å². The minimum atomic E-state index is -1.37. The number of aliphatic hydroxyl groups excluding tert-OH is 3. The highest BCUT2D eigenvalue weighted by Gasteiger charge is 2.29. The van der Waals surface area contributed by atoms with Gasteiger partial charge in [0.15, 0.2) is 11.6 Å². The first-order chi connectivity index (χ1) is 19.5. The summed E-state index contributed by atoms with van der Waals surface area (Å²) in [4.78, 5) is 24.0.